The van der Waals surface area contributed by atoms with Crippen LogP contribution in [0.4, 0.5) is 0 Å². The predicted molar refractivity (Wildman–Crippen MR) is 142 cm³/mol. The standard InChI is InChI=1S/C27H30N2S.C2H2/c1-6-21-16-23(17-22(7-2)24(21)8-3)27-25(18-30-29-27)19(4)13-14-20(5)26-12-10-9-11-15-28-26;1-2/h9,11-18H,6-8H2,1-5H3;1-2H/b19-13+,20-14+;. The van der Waals surface area contributed by atoms with Crippen LogP contribution in [0, 0.1) is 12.8 Å². The molecular formula is C29H32N2S. The molecule has 2 nitrogen and oxygen atoms in total. The molecule has 0 spiro atoms. The predicted octanol–water partition coefficient (Wildman–Crippen LogP) is 7.78. The molecule has 32 heavy (non-hydrogen) atoms. The van der Waals surface area contributed by atoms with E-state index in [0.29, 0.717) is 0 Å². The number of hydrogen-bond donors (Lipinski definition) is 0. The fraction of sp³-hybridized carbons (Fsp3) is 0.276. The van der Waals surface area contributed by atoms with Gasteiger partial charge in [-0.2, -0.15) is 4.37 Å². The first-order valence-corrected chi connectivity index (χ1v) is 11.9. The molecule has 1 aromatic carbocycles. The molecule has 0 atom stereocenters. The fourth-order valence-electron chi connectivity index (χ4n) is 3.77. The summed E-state index contributed by atoms with van der Waals surface area (Å²) in [5, 5.41) is 2.16. The Balaban J connectivity index is 0.00000176. The van der Waals surface area contributed by atoms with E-state index in [1.165, 1.54) is 44.9 Å². The number of benzene rings is 1. The second-order valence-corrected chi connectivity index (χ2v) is 8.07. The van der Waals surface area contributed by atoms with Crippen LogP contribution in [0.25, 0.3) is 16.8 Å². The number of allylic oxidation sites excluding steroid dienone is 6. The molecule has 0 fully saturated rings. The topological polar surface area (TPSA) is 25.2 Å². The lowest BCUT2D eigenvalue weighted by molar-refractivity contribution is 0.982. The third-order valence-electron chi connectivity index (χ3n) is 5.52. The van der Waals surface area contributed by atoms with Gasteiger partial charge in [0.05, 0.1) is 11.4 Å². The number of rotatable bonds is 7. The van der Waals surface area contributed by atoms with Gasteiger partial charge in [-0.3, -0.25) is 4.99 Å². The van der Waals surface area contributed by atoms with Gasteiger partial charge in [0.1, 0.15) is 0 Å². The normalized spacial score (nSPS) is 13.4. The molecule has 164 valence electrons. The Hall–Kier alpha value is -3.18. The van der Waals surface area contributed by atoms with Gasteiger partial charge in [0.2, 0.25) is 0 Å². The third-order valence-corrected chi connectivity index (χ3v) is 6.15. The van der Waals surface area contributed by atoms with Gasteiger partial charge in [0.15, 0.2) is 0 Å². The van der Waals surface area contributed by atoms with E-state index < -0.39 is 0 Å². The van der Waals surface area contributed by atoms with Crippen molar-refractivity contribution in [2.45, 2.75) is 53.9 Å². The summed E-state index contributed by atoms with van der Waals surface area (Å²) in [6, 6.07) is 4.68. The summed E-state index contributed by atoms with van der Waals surface area (Å²) in [6.45, 7) is 11.0. The highest BCUT2D eigenvalue weighted by molar-refractivity contribution is 7.04. The van der Waals surface area contributed by atoms with Crippen LogP contribution >= 0.6 is 11.5 Å². The molecule has 0 aliphatic carbocycles. The molecule has 0 N–H and O–H groups in total. The van der Waals surface area contributed by atoms with Crippen molar-refractivity contribution in [1.82, 2.24) is 4.37 Å². The lowest BCUT2D eigenvalue weighted by atomic mass is 9.91. The van der Waals surface area contributed by atoms with E-state index in [0.717, 1.165) is 36.2 Å². The Morgan fingerprint density at radius 2 is 1.66 bits per heavy atom. The van der Waals surface area contributed by atoms with E-state index in [4.69, 9.17) is 4.37 Å². The van der Waals surface area contributed by atoms with Crippen molar-refractivity contribution >= 4 is 22.8 Å². The molecular weight excluding hydrogens is 408 g/mol. The highest BCUT2D eigenvalue weighted by atomic mass is 32.1. The van der Waals surface area contributed by atoms with Gasteiger partial charge in [0.25, 0.3) is 0 Å². The number of aromatic nitrogens is 1. The van der Waals surface area contributed by atoms with Gasteiger partial charge >= 0.3 is 0 Å². The van der Waals surface area contributed by atoms with Crippen LogP contribution in [0.2, 0.25) is 0 Å². The zero-order chi connectivity index (χ0) is 23.5. The quantitative estimate of drug-likeness (QED) is 0.245. The summed E-state index contributed by atoms with van der Waals surface area (Å²) in [5.41, 5.74) is 14.3. The van der Waals surface area contributed by atoms with Crippen molar-refractivity contribution in [1.29, 1.82) is 0 Å². The van der Waals surface area contributed by atoms with Crippen molar-refractivity contribution in [3.05, 3.63) is 87.7 Å². The summed E-state index contributed by atoms with van der Waals surface area (Å²) in [6.07, 6.45) is 23.0. The minimum absolute atomic E-state index is 0.933. The van der Waals surface area contributed by atoms with Gasteiger partial charge in [-0.15, -0.1) is 18.6 Å². The average molecular weight is 441 g/mol. The molecule has 1 aliphatic heterocycles. The van der Waals surface area contributed by atoms with Gasteiger partial charge in [-0.05, 0) is 96.8 Å². The molecule has 1 aliphatic rings. The minimum atomic E-state index is 0.933. The van der Waals surface area contributed by atoms with Crippen molar-refractivity contribution in [3.63, 3.8) is 0 Å². The fourth-order valence-corrected chi connectivity index (χ4v) is 4.54. The van der Waals surface area contributed by atoms with Crippen LogP contribution in [0.5, 0.6) is 0 Å². The Bertz CT molecular complexity index is 1120. The molecule has 3 rings (SSSR count). The van der Waals surface area contributed by atoms with Crippen LogP contribution in [0.3, 0.4) is 0 Å². The van der Waals surface area contributed by atoms with E-state index in [-0.39, 0.29) is 0 Å². The first-order chi connectivity index (χ1) is 15.6. The second kappa shape index (κ2) is 12.6. The number of terminal acetylenes is 1. The largest absolute Gasteiger partial charge is 0.256 e. The number of aryl methyl sites for hydroxylation is 2. The van der Waals surface area contributed by atoms with E-state index in [9.17, 15) is 0 Å². The average Bonchev–Trinajstić information content (AvgIpc) is 3.17. The smallest absolute Gasteiger partial charge is 0.0915 e. The summed E-state index contributed by atoms with van der Waals surface area (Å²) in [5.74, 6) is 0. The van der Waals surface area contributed by atoms with E-state index in [1.54, 1.807) is 6.20 Å². The number of nitrogens with zero attached hydrogens (tertiary/aromatic N) is 2. The highest BCUT2D eigenvalue weighted by Crippen LogP contribution is 2.33. The van der Waals surface area contributed by atoms with Crippen LogP contribution in [-0.4, -0.2) is 10.1 Å². The van der Waals surface area contributed by atoms with E-state index in [2.05, 4.69) is 87.9 Å². The van der Waals surface area contributed by atoms with Crippen molar-refractivity contribution in [2.24, 2.45) is 4.99 Å². The first-order valence-electron chi connectivity index (χ1n) is 11.0. The van der Waals surface area contributed by atoms with Crippen molar-refractivity contribution in [3.8, 4) is 24.1 Å². The monoisotopic (exact) mass is 440 g/mol. The Morgan fingerprint density at radius 1 is 1.00 bits per heavy atom. The molecule has 0 amide bonds. The minimum Gasteiger partial charge on any atom is -0.256 e. The Morgan fingerprint density at radius 3 is 2.28 bits per heavy atom. The molecule has 0 saturated heterocycles. The molecule has 0 radical (unpaired) electrons. The second-order valence-electron chi connectivity index (χ2n) is 7.44. The maximum absolute atomic E-state index is 4.77. The Labute approximate surface area is 197 Å². The third kappa shape index (κ3) is 5.95. The molecule has 3 heteroatoms. The SMILES string of the molecule is C#C.CCc1cc(-c2nscc2/C(C)=C/C=C(\C)C2=NC=CC=C=C2)cc(CC)c1CC. The van der Waals surface area contributed by atoms with Crippen LogP contribution in [0.1, 0.15) is 56.9 Å². The molecule has 0 saturated carbocycles. The van der Waals surface area contributed by atoms with Crippen molar-refractivity contribution < 1.29 is 0 Å². The van der Waals surface area contributed by atoms with Gasteiger partial charge in [-0.25, -0.2) is 0 Å². The zero-order valence-corrected chi connectivity index (χ0v) is 20.6. The van der Waals surface area contributed by atoms with Crippen molar-refractivity contribution in [2.75, 3.05) is 0 Å². The summed E-state index contributed by atoms with van der Waals surface area (Å²) in [7, 11) is 0. The molecule has 1 aromatic heterocycles. The summed E-state index contributed by atoms with van der Waals surface area (Å²) in [4.78, 5) is 4.46. The van der Waals surface area contributed by atoms with Crippen LogP contribution < -0.4 is 0 Å². The van der Waals surface area contributed by atoms with E-state index >= 15 is 0 Å². The van der Waals surface area contributed by atoms with E-state index in [1.807, 2.05) is 18.2 Å². The number of aliphatic imine (C=N–C) groups is 1. The van der Waals surface area contributed by atoms with Crippen LogP contribution in [0.15, 0.2) is 70.4 Å². The highest BCUT2D eigenvalue weighted by Gasteiger charge is 2.14. The zero-order valence-electron chi connectivity index (χ0n) is 19.8. The van der Waals surface area contributed by atoms with Gasteiger partial charge in [-0.1, -0.05) is 32.9 Å². The summed E-state index contributed by atoms with van der Waals surface area (Å²) < 4.78 is 4.77. The van der Waals surface area contributed by atoms with Gasteiger partial charge in [0, 0.05) is 28.8 Å². The Kier molecular flexibility index (Phi) is 9.89. The molecule has 0 bridgehead atoms. The lowest BCUT2D eigenvalue weighted by Gasteiger charge is -2.14. The lowest BCUT2D eigenvalue weighted by Crippen LogP contribution is -1.99. The van der Waals surface area contributed by atoms with Crippen LogP contribution in [-0.2, 0) is 19.3 Å². The molecule has 0 unspecified atom stereocenters. The molecule has 2 aromatic rings. The molecule has 2 heterocycles. The van der Waals surface area contributed by atoms with Gasteiger partial charge < -0.3 is 0 Å². The maximum Gasteiger partial charge on any atom is 0.0915 e. The first kappa shape index (κ1) is 25.1. The summed E-state index contributed by atoms with van der Waals surface area (Å²) >= 11 is 1.53. The maximum atomic E-state index is 4.77. The number of hydrogen-bond acceptors (Lipinski definition) is 3.